The van der Waals surface area contributed by atoms with Crippen molar-refractivity contribution in [3.05, 3.63) is 48.3 Å². The van der Waals surface area contributed by atoms with E-state index >= 15 is 0 Å². The first kappa shape index (κ1) is 12.9. The molecule has 1 aromatic carbocycles. The lowest BCUT2D eigenvalue weighted by Crippen LogP contribution is -2.14. The van der Waals surface area contributed by atoms with Gasteiger partial charge in [0.15, 0.2) is 5.75 Å². The minimum absolute atomic E-state index is 0.262. The van der Waals surface area contributed by atoms with Crippen molar-refractivity contribution in [2.24, 2.45) is 0 Å². The Labute approximate surface area is 111 Å². The van der Waals surface area contributed by atoms with Gasteiger partial charge in [0.1, 0.15) is 0 Å². The summed E-state index contributed by atoms with van der Waals surface area (Å²) in [7, 11) is 0. The van der Waals surface area contributed by atoms with Crippen LogP contribution < -0.4 is 15.8 Å². The predicted octanol–water partition coefficient (Wildman–Crippen LogP) is 2.31. The van der Waals surface area contributed by atoms with Gasteiger partial charge in [0.05, 0.1) is 17.9 Å². The molecule has 0 saturated heterocycles. The molecule has 0 atom stereocenters. The highest BCUT2D eigenvalue weighted by Crippen LogP contribution is 2.27. The molecule has 2 aromatic rings. The van der Waals surface area contributed by atoms with Gasteiger partial charge in [-0.15, -0.1) is 0 Å². The summed E-state index contributed by atoms with van der Waals surface area (Å²) in [5.74, 6) is 0.151. The zero-order valence-corrected chi connectivity index (χ0v) is 10.6. The number of nitrogen functional groups attached to an aromatic ring is 1. The van der Waals surface area contributed by atoms with Crippen LogP contribution in [0.5, 0.6) is 5.75 Å². The topological polar surface area (TPSA) is 77.2 Å². The van der Waals surface area contributed by atoms with Crippen molar-refractivity contribution < 1.29 is 9.53 Å². The van der Waals surface area contributed by atoms with E-state index in [1.807, 2.05) is 6.92 Å². The number of hydrogen-bond donors (Lipinski definition) is 2. The SMILES string of the molecule is CCOc1c(N)cccc1C(=O)Nc1ccncc1. The van der Waals surface area contributed by atoms with Crippen molar-refractivity contribution in [3.63, 3.8) is 0 Å². The second-order valence-corrected chi connectivity index (χ2v) is 3.85. The molecule has 1 aromatic heterocycles. The van der Waals surface area contributed by atoms with Crippen molar-refractivity contribution >= 4 is 17.3 Å². The first-order valence-electron chi connectivity index (χ1n) is 5.95. The fourth-order valence-corrected chi connectivity index (χ4v) is 1.67. The third kappa shape index (κ3) is 3.01. The second-order valence-electron chi connectivity index (χ2n) is 3.85. The summed E-state index contributed by atoms with van der Waals surface area (Å²) < 4.78 is 5.43. The number of nitrogens with zero attached hydrogens (tertiary/aromatic N) is 1. The van der Waals surface area contributed by atoms with E-state index in [9.17, 15) is 4.79 Å². The van der Waals surface area contributed by atoms with Crippen LogP contribution in [0.3, 0.4) is 0 Å². The highest BCUT2D eigenvalue weighted by molar-refractivity contribution is 6.07. The maximum absolute atomic E-state index is 12.2. The minimum Gasteiger partial charge on any atom is -0.491 e. The standard InChI is InChI=1S/C14H15N3O2/c1-2-19-13-11(4-3-5-12(13)15)14(18)17-10-6-8-16-9-7-10/h3-9H,2,15H2,1H3,(H,16,17,18). The number of carbonyl (C=O) groups excluding carboxylic acids is 1. The highest BCUT2D eigenvalue weighted by atomic mass is 16.5. The molecule has 5 nitrogen and oxygen atoms in total. The number of rotatable bonds is 4. The van der Waals surface area contributed by atoms with E-state index in [-0.39, 0.29) is 5.91 Å². The fraction of sp³-hybridized carbons (Fsp3) is 0.143. The van der Waals surface area contributed by atoms with E-state index in [1.54, 1.807) is 42.7 Å². The van der Waals surface area contributed by atoms with Gasteiger partial charge in [0, 0.05) is 18.1 Å². The van der Waals surface area contributed by atoms with Crippen molar-refractivity contribution in [2.45, 2.75) is 6.92 Å². The van der Waals surface area contributed by atoms with Crippen molar-refractivity contribution in [1.82, 2.24) is 4.98 Å². The zero-order chi connectivity index (χ0) is 13.7. The number of pyridine rings is 1. The number of aromatic nitrogens is 1. The van der Waals surface area contributed by atoms with Gasteiger partial charge in [0.25, 0.3) is 5.91 Å². The van der Waals surface area contributed by atoms with E-state index in [4.69, 9.17) is 10.5 Å². The van der Waals surface area contributed by atoms with Crippen LogP contribution in [0, 0.1) is 0 Å². The first-order valence-corrected chi connectivity index (χ1v) is 5.95. The maximum Gasteiger partial charge on any atom is 0.259 e. The largest absolute Gasteiger partial charge is 0.491 e. The maximum atomic E-state index is 12.2. The average molecular weight is 257 g/mol. The molecule has 0 fully saturated rings. The van der Waals surface area contributed by atoms with E-state index < -0.39 is 0 Å². The molecule has 0 aliphatic rings. The van der Waals surface area contributed by atoms with Crippen LogP contribution in [0.25, 0.3) is 0 Å². The molecular weight excluding hydrogens is 242 g/mol. The van der Waals surface area contributed by atoms with Crippen LogP contribution >= 0.6 is 0 Å². The molecule has 0 unspecified atom stereocenters. The van der Waals surface area contributed by atoms with Gasteiger partial charge < -0.3 is 15.8 Å². The fourth-order valence-electron chi connectivity index (χ4n) is 1.67. The second kappa shape index (κ2) is 5.86. The number of amides is 1. The Morgan fingerprint density at radius 3 is 2.74 bits per heavy atom. The van der Waals surface area contributed by atoms with Gasteiger partial charge in [-0.3, -0.25) is 9.78 Å². The number of anilines is 2. The molecule has 98 valence electrons. The lowest BCUT2D eigenvalue weighted by atomic mass is 10.1. The summed E-state index contributed by atoms with van der Waals surface area (Å²) in [5, 5.41) is 2.77. The summed E-state index contributed by atoms with van der Waals surface area (Å²) in [5.41, 5.74) is 7.36. The number of ether oxygens (including phenoxy) is 1. The lowest BCUT2D eigenvalue weighted by molar-refractivity contribution is 0.102. The van der Waals surface area contributed by atoms with E-state index in [1.165, 1.54) is 0 Å². The molecule has 19 heavy (non-hydrogen) atoms. The van der Waals surface area contributed by atoms with Crippen molar-refractivity contribution in [2.75, 3.05) is 17.7 Å². The average Bonchev–Trinajstić information content (AvgIpc) is 2.42. The number of hydrogen-bond acceptors (Lipinski definition) is 4. The van der Waals surface area contributed by atoms with Crippen LogP contribution in [-0.4, -0.2) is 17.5 Å². The molecule has 0 saturated carbocycles. The molecule has 0 bridgehead atoms. The smallest absolute Gasteiger partial charge is 0.259 e. The molecule has 1 amide bonds. The Hall–Kier alpha value is -2.56. The molecule has 1 heterocycles. The molecular formula is C14H15N3O2. The third-order valence-electron chi connectivity index (χ3n) is 2.52. The number of nitrogens with one attached hydrogen (secondary N) is 1. The van der Waals surface area contributed by atoms with Crippen molar-refractivity contribution in [3.8, 4) is 5.75 Å². The van der Waals surface area contributed by atoms with Crippen LogP contribution in [0.2, 0.25) is 0 Å². The summed E-state index contributed by atoms with van der Waals surface area (Å²) in [6.07, 6.45) is 3.22. The van der Waals surface area contributed by atoms with Gasteiger partial charge in [0.2, 0.25) is 0 Å². The highest BCUT2D eigenvalue weighted by Gasteiger charge is 2.14. The van der Waals surface area contributed by atoms with Crippen LogP contribution in [-0.2, 0) is 0 Å². The normalized spacial score (nSPS) is 9.95. The Morgan fingerprint density at radius 1 is 1.32 bits per heavy atom. The van der Waals surface area contributed by atoms with Gasteiger partial charge in [-0.05, 0) is 31.2 Å². The first-order chi connectivity index (χ1) is 9.22. The Balaban J connectivity index is 2.26. The van der Waals surface area contributed by atoms with Crippen LogP contribution in [0.1, 0.15) is 17.3 Å². The van der Waals surface area contributed by atoms with Gasteiger partial charge in [-0.1, -0.05) is 6.07 Å². The number of para-hydroxylation sites is 1. The summed E-state index contributed by atoms with van der Waals surface area (Å²) >= 11 is 0. The predicted molar refractivity (Wildman–Crippen MR) is 74.2 cm³/mol. The summed E-state index contributed by atoms with van der Waals surface area (Å²) in [6.45, 7) is 2.29. The molecule has 0 aliphatic heterocycles. The Kier molecular flexibility index (Phi) is 3.97. The summed E-state index contributed by atoms with van der Waals surface area (Å²) in [4.78, 5) is 16.1. The quantitative estimate of drug-likeness (QED) is 0.824. The van der Waals surface area contributed by atoms with E-state index in [0.717, 1.165) is 0 Å². The zero-order valence-electron chi connectivity index (χ0n) is 10.6. The van der Waals surface area contributed by atoms with Crippen LogP contribution in [0.4, 0.5) is 11.4 Å². The summed E-state index contributed by atoms with van der Waals surface area (Å²) in [6, 6.07) is 8.53. The number of nitrogens with two attached hydrogens (primary N) is 1. The molecule has 0 aliphatic carbocycles. The van der Waals surface area contributed by atoms with E-state index in [2.05, 4.69) is 10.3 Å². The molecule has 5 heteroatoms. The Bertz CT molecular complexity index is 570. The Morgan fingerprint density at radius 2 is 2.05 bits per heavy atom. The molecule has 3 N–H and O–H groups in total. The minimum atomic E-state index is -0.262. The number of benzene rings is 1. The monoisotopic (exact) mass is 257 g/mol. The third-order valence-corrected chi connectivity index (χ3v) is 2.52. The van der Waals surface area contributed by atoms with Gasteiger partial charge >= 0.3 is 0 Å². The molecule has 0 radical (unpaired) electrons. The lowest BCUT2D eigenvalue weighted by Gasteiger charge is -2.12. The molecule has 2 rings (SSSR count). The van der Waals surface area contributed by atoms with Crippen molar-refractivity contribution in [1.29, 1.82) is 0 Å². The molecule has 0 spiro atoms. The van der Waals surface area contributed by atoms with Crippen LogP contribution in [0.15, 0.2) is 42.7 Å². The number of carbonyl (C=O) groups is 1. The van der Waals surface area contributed by atoms with E-state index in [0.29, 0.717) is 29.3 Å². The van der Waals surface area contributed by atoms with Gasteiger partial charge in [-0.25, -0.2) is 0 Å². The van der Waals surface area contributed by atoms with Gasteiger partial charge in [-0.2, -0.15) is 0 Å².